The number of benzene rings is 1. The molecule has 2 unspecified atom stereocenters. The molecule has 5 nitrogen and oxygen atoms in total. The summed E-state index contributed by atoms with van der Waals surface area (Å²) in [5.41, 5.74) is 0.640. The minimum Gasteiger partial charge on any atom is -0.481 e. The van der Waals surface area contributed by atoms with Crippen molar-refractivity contribution in [3.8, 4) is 0 Å². The van der Waals surface area contributed by atoms with Crippen molar-refractivity contribution in [2.24, 2.45) is 11.8 Å². The number of halogens is 1. The third-order valence-corrected chi connectivity index (χ3v) is 3.56. The highest BCUT2D eigenvalue weighted by Gasteiger charge is 2.36. The van der Waals surface area contributed by atoms with Crippen molar-refractivity contribution in [2.75, 3.05) is 18.4 Å². The first-order valence-corrected chi connectivity index (χ1v) is 6.39. The Hall–Kier alpha value is -1.75. The van der Waals surface area contributed by atoms with Crippen LogP contribution >= 0.6 is 11.6 Å². The average Bonchev–Trinajstić information content (AvgIpc) is 2.74. The number of hydrogen-bond acceptors (Lipinski definition) is 2. The number of carboxylic acid groups (broad SMARTS) is 1. The summed E-state index contributed by atoms with van der Waals surface area (Å²) < 4.78 is 0. The summed E-state index contributed by atoms with van der Waals surface area (Å²) in [6.07, 6.45) is 0. The molecule has 0 bridgehead atoms. The Morgan fingerprint density at radius 2 is 1.95 bits per heavy atom. The van der Waals surface area contributed by atoms with E-state index in [-0.39, 0.29) is 18.5 Å². The van der Waals surface area contributed by atoms with Gasteiger partial charge in [-0.15, -0.1) is 0 Å². The van der Waals surface area contributed by atoms with E-state index >= 15 is 0 Å². The van der Waals surface area contributed by atoms with Crippen LogP contribution in [0.4, 0.5) is 10.5 Å². The molecule has 1 aliphatic heterocycles. The van der Waals surface area contributed by atoms with Gasteiger partial charge < -0.3 is 15.3 Å². The summed E-state index contributed by atoms with van der Waals surface area (Å²) in [5, 5.41) is 12.4. The first-order chi connectivity index (χ1) is 8.97. The van der Waals surface area contributed by atoms with Crippen molar-refractivity contribution < 1.29 is 14.7 Å². The van der Waals surface area contributed by atoms with Crippen LogP contribution in [0.15, 0.2) is 24.3 Å². The Labute approximate surface area is 116 Å². The van der Waals surface area contributed by atoms with Gasteiger partial charge in [0.25, 0.3) is 0 Å². The molecule has 2 amide bonds. The Balaban J connectivity index is 1.98. The highest BCUT2D eigenvalue weighted by Crippen LogP contribution is 2.24. The maximum atomic E-state index is 12.0. The third-order valence-electron chi connectivity index (χ3n) is 3.31. The zero-order valence-corrected chi connectivity index (χ0v) is 11.2. The number of carbonyl (C=O) groups excluding carboxylic acids is 1. The quantitative estimate of drug-likeness (QED) is 0.876. The molecule has 0 aliphatic carbocycles. The number of amides is 2. The van der Waals surface area contributed by atoms with Gasteiger partial charge in [0.15, 0.2) is 0 Å². The van der Waals surface area contributed by atoms with Crippen LogP contribution in [0.1, 0.15) is 6.92 Å². The van der Waals surface area contributed by atoms with Gasteiger partial charge in [-0.2, -0.15) is 0 Å². The van der Waals surface area contributed by atoms with Crippen LogP contribution in [-0.2, 0) is 4.79 Å². The van der Waals surface area contributed by atoms with Crippen LogP contribution in [0.5, 0.6) is 0 Å². The zero-order valence-electron chi connectivity index (χ0n) is 10.5. The molecule has 6 heteroatoms. The first kappa shape index (κ1) is 13.7. The Bertz CT molecular complexity index is 489. The van der Waals surface area contributed by atoms with Gasteiger partial charge in [-0.25, -0.2) is 4.79 Å². The molecule has 2 N–H and O–H groups in total. The first-order valence-electron chi connectivity index (χ1n) is 6.01. The molecule has 102 valence electrons. The number of carbonyl (C=O) groups is 2. The fourth-order valence-electron chi connectivity index (χ4n) is 2.19. The number of hydrogen-bond donors (Lipinski definition) is 2. The maximum Gasteiger partial charge on any atom is 0.321 e. The minimum absolute atomic E-state index is 0.0338. The zero-order chi connectivity index (χ0) is 14.0. The van der Waals surface area contributed by atoms with Crippen molar-refractivity contribution in [3.63, 3.8) is 0 Å². The molecular formula is C13H15ClN2O3. The lowest BCUT2D eigenvalue weighted by Crippen LogP contribution is -2.33. The SMILES string of the molecule is CC1CN(C(=O)Nc2ccc(Cl)cc2)CC1C(=O)O. The fraction of sp³-hybridized carbons (Fsp3) is 0.385. The number of nitrogens with one attached hydrogen (secondary N) is 1. The fourth-order valence-corrected chi connectivity index (χ4v) is 2.32. The summed E-state index contributed by atoms with van der Waals surface area (Å²) in [4.78, 5) is 24.5. The van der Waals surface area contributed by atoms with Crippen LogP contribution in [0.3, 0.4) is 0 Å². The predicted octanol–water partition coefficient (Wildman–Crippen LogP) is 2.52. The van der Waals surface area contributed by atoms with Crippen LogP contribution in [0, 0.1) is 11.8 Å². The summed E-state index contributed by atoms with van der Waals surface area (Å²) in [5.74, 6) is -1.38. The monoisotopic (exact) mass is 282 g/mol. The van der Waals surface area contributed by atoms with Crippen molar-refractivity contribution in [3.05, 3.63) is 29.3 Å². The smallest absolute Gasteiger partial charge is 0.321 e. The lowest BCUT2D eigenvalue weighted by Gasteiger charge is -2.16. The van der Waals surface area contributed by atoms with E-state index in [9.17, 15) is 9.59 Å². The van der Waals surface area contributed by atoms with Crippen molar-refractivity contribution in [1.82, 2.24) is 4.90 Å². The minimum atomic E-state index is -0.853. The standard InChI is InChI=1S/C13H15ClN2O3/c1-8-6-16(7-11(8)12(17)18)13(19)15-10-4-2-9(14)3-5-10/h2-5,8,11H,6-7H2,1H3,(H,15,19)(H,17,18). The second kappa shape index (κ2) is 5.48. The summed E-state index contributed by atoms with van der Waals surface area (Å²) in [6, 6.07) is 6.49. The van der Waals surface area contributed by atoms with Crippen molar-refractivity contribution >= 4 is 29.3 Å². The molecule has 1 fully saturated rings. The van der Waals surface area contributed by atoms with E-state index in [4.69, 9.17) is 16.7 Å². The van der Waals surface area contributed by atoms with Crippen LogP contribution < -0.4 is 5.32 Å². The molecule has 0 saturated carbocycles. The lowest BCUT2D eigenvalue weighted by molar-refractivity contribution is -0.142. The predicted molar refractivity (Wildman–Crippen MR) is 72.3 cm³/mol. The van der Waals surface area contributed by atoms with Crippen LogP contribution in [-0.4, -0.2) is 35.1 Å². The van der Waals surface area contributed by atoms with Gasteiger partial charge in [0.2, 0.25) is 0 Å². The summed E-state index contributed by atoms with van der Waals surface area (Å²) >= 11 is 5.76. The topological polar surface area (TPSA) is 69.6 Å². The van der Waals surface area contributed by atoms with Crippen molar-refractivity contribution in [1.29, 1.82) is 0 Å². The maximum absolute atomic E-state index is 12.0. The van der Waals surface area contributed by atoms with Crippen molar-refractivity contribution in [2.45, 2.75) is 6.92 Å². The Morgan fingerprint density at radius 3 is 2.47 bits per heavy atom. The third kappa shape index (κ3) is 3.17. The normalized spacial score (nSPS) is 22.3. The van der Waals surface area contributed by atoms with Crippen LogP contribution in [0.2, 0.25) is 5.02 Å². The van der Waals surface area contributed by atoms with E-state index in [0.29, 0.717) is 17.3 Å². The molecule has 0 spiro atoms. The molecule has 19 heavy (non-hydrogen) atoms. The van der Waals surface area contributed by atoms with Crippen LogP contribution in [0.25, 0.3) is 0 Å². The number of likely N-dealkylation sites (tertiary alicyclic amines) is 1. The number of nitrogens with zero attached hydrogens (tertiary/aromatic N) is 1. The second-order valence-electron chi connectivity index (χ2n) is 4.76. The summed E-state index contributed by atoms with van der Waals surface area (Å²) in [7, 11) is 0. The highest BCUT2D eigenvalue weighted by atomic mass is 35.5. The number of carboxylic acids is 1. The van der Waals surface area contributed by atoms with E-state index in [1.165, 1.54) is 4.90 Å². The van der Waals surface area contributed by atoms with Gasteiger partial charge in [0.05, 0.1) is 5.92 Å². The summed E-state index contributed by atoms with van der Waals surface area (Å²) in [6.45, 7) is 2.54. The second-order valence-corrected chi connectivity index (χ2v) is 5.20. The average molecular weight is 283 g/mol. The largest absolute Gasteiger partial charge is 0.481 e. The van der Waals surface area contributed by atoms with Gasteiger partial charge in [0, 0.05) is 23.8 Å². The van der Waals surface area contributed by atoms with E-state index in [1.54, 1.807) is 24.3 Å². The van der Waals surface area contributed by atoms with E-state index in [1.807, 2.05) is 6.92 Å². The molecule has 1 aliphatic rings. The van der Waals surface area contributed by atoms with E-state index < -0.39 is 11.9 Å². The number of anilines is 1. The van der Waals surface area contributed by atoms with E-state index in [2.05, 4.69) is 5.32 Å². The lowest BCUT2D eigenvalue weighted by atomic mass is 9.99. The molecule has 1 aromatic rings. The molecule has 2 atom stereocenters. The van der Waals surface area contributed by atoms with Gasteiger partial charge in [-0.3, -0.25) is 4.79 Å². The van der Waals surface area contributed by atoms with E-state index in [0.717, 1.165) is 0 Å². The molecule has 1 aromatic carbocycles. The van der Waals surface area contributed by atoms with Gasteiger partial charge in [-0.1, -0.05) is 18.5 Å². The molecule has 0 radical (unpaired) electrons. The Kier molecular flexibility index (Phi) is 3.95. The molecule has 0 aromatic heterocycles. The molecule has 1 saturated heterocycles. The van der Waals surface area contributed by atoms with Gasteiger partial charge in [0.1, 0.15) is 0 Å². The molecular weight excluding hydrogens is 268 g/mol. The van der Waals surface area contributed by atoms with Gasteiger partial charge >= 0.3 is 12.0 Å². The molecule has 1 heterocycles. The number of aliphatic carboxylic acids is 1. The highest BCUT2D eigenvalue weighted by molar-refractivity contribution is 6.30. The Morgan fingerprint density at radius 1 is 1.32 bits per heavy atom. The number of rotatable bonds is 2. The van der Waals surface area contributed by atoms with Gasteiger partial charge in [-0.05, 0) is 30.2 Å². The number of urea groups is 1. The molecule has 2 rings (SSSR count).